The molecule has 0 bridgehead atoms. The zero-order chi connectivity index (χ0) is 11.3. The quantitative estimate of drug-likeness (QED) is 0.673. The molecule has 2 heteroatoms. The minimum Gasteiger partial charge on any atom is -0.135 e. The van der Waals surface area contributed by atoms with Crippen LogP contribution in [-0.2, 0) is 0 Å². The van der Waals surface area contributed by atoms with Crippen LogP contribution in [0.5, 0.6) is 0 Å². The number of allylic oxidation sites excluding steroid dienone is 3. The average Bonchev–Trinajstić information content (AvgIpc) is 2.63. The molecule has 0 aromatic carbocycles. The van der Waals surface area contributed by atoms with Gasteiger partial charge in [-0.3, -0.25) is 0 Å². The molecular weight excluding hydrogens is 220 g/mol. The maximum atomic E-state index is 3.92. The van der Waals surface area contributed by atoms with E-state index in [0.29, 0.717) is 0 Å². The number of thiophene rings is 1. The maximum Gasteiger partial charge on any atom is 0.0412 e. The summed E-state index contributed by atoms with van der Waals surface area (Å²) in [5.74, 6) is 0. The minimum atomic E-state index is 1.13. The lowest BCUT2D eigenvalue weighted by molar-refractivity contribution is 1.72. The van der Waals surface area contributed by atoms with Crippen LogP contribution in [0.25, 0.3) is 11.0 Å². The van der Waals surface area contributed by atoms with Gasteiger partial charge < -0.3 is 0 Å². The first-order valence-electron chi connectivity index (χ1n) is 4.90. The highest BCUT2D eigenvalue weighted by Crippen LogP contribution is 2.36. The molecule has 15 heavy (non-hydrogen) atoms. The van der Waals surface area contributed by atoms with E-state index in [1.54, 1.807) is 11.8 Å². The first-order chi connectivity index (χ1) is 7.17. The average molecular weight is 236 g/mol. The fourth-order valence-corrected chi connectivity index (χ4v) is 3.04. The molecule has 0 nitrogen and oxygen atoms in total. The monoisotopic (exact) mass is 236 g/mol. The van der Waals surface area contributed by atoms with E-state index < -0.39 is 0 Å². The van der Waals surface area contributed by atoms with E-state index in [2.05, 4.69) is 43.9 Å². The summed E-state index contributed by atoms with van der Waals surface area (Å²) in [4.78, 5) is 5.04. The Morgan fingerprint density at radius 2 is 2.13 bits per heavy atom. The van der Waals surface area contributed by atoms with Gasteiger partial charge in [0.25, 0.3) is 0 Å². The molecule has 0 unspecified atom stereocenters. The highest BCUT2D eigenvalue weighted by Gasteiger charge is 2.04. The largest absolute Gasteiger partial charge is 0.135 e. The molecule has 0 aliphatic rings. The molecule has 1 heterocycles. The number of hydrogen-bond donors (Lipinski definition) is 0. The van der Waals surface area contributed by atoms with Gasteiger partial charge in [-0.05, 0) is 43.9 Å². The van der Waals surface area contributed by atoms with Crippen molar-refractivity contribution in [3.63, 3.8) is 0 Å². The summed E-state index contributed by atoms with van der Waals surface area (Å²) in [5, 5.41) is 0. The second kappa shape index (κ2) is 5.99. The first-order valence-corrected chi connectivity index (χ1v) is 6.53. The van der Waals surface area contributed by atoms with Crippen molar-refractivity contribution in [3.05, 3.63) is 45.5 Å². The molecule has 1 aromatic rings. The van der Waals surface area contributed by atoms with Crippen LogP contribution < -0.4 is 0 Å². The van der Waals surface area contributed by atoms with Gasteiger partial charge in [0.15, 0.2) is 0 Å². The van der Waals surface area contributed by atoms with E-state index in [1.165, 1.54) is 14.7 Å². The third kappa shape index (κ3) is 3.73. The van der Waals surface area contributed by atoms with Gasteiger partial charge in [-0.15, -0.1) is 11.3 Å². The van der Waals surface area contributed by atoms with Crippen molar-refractivity contribution in [2.75, 3.05) is 0 Å². The molecule has 0 aliphatic heterocycles. The zero-order valence-corrected chi connectivity index (χ0v) is 11.0. The molecule has 0 spiro atoms. The second-order valence-electron chi connectivity index (χ2n) is 3.16. The van der Waals surface area contributed by atoms with E-state index in [-0.39, 0.29) is 0 Å². The van der Waals surface area contributed by atoms with Crippen LogP contribution in [0.3, 0.4) is 0 Å². The van der Waals surface area contributed by atoms with Crippen LogP contribution in [0.1, 0.15) is 30.5 Å². The van der Waals surface area contributed by atoms with Crippen molar-refractivity contribution >= 4 is 34.1 Å². The van der Waals surface area contributed by atoms with Gasteiger partial charge in [0.1, 0.15) is 0 Å². The summed E-state index contributed by atoms with van der Waals surface area (Å²) in [7, 11) is 0. The maximum absolute atomic E-state index is 3.92. The Balaban J connectivity index is 2.88. The predicted octanol–water partition coefficient (Wildman–Crippen LogP) is 5.41. The van der Waals surface area contributed by atoms with E-state index in [9.17, 15) is 0 Å². The Kier molecular flexibility index (Phi) is 4.92. The minimum absolute atomic E-state index is 1.13. The molecule has 0 radical (unpaired) electrons. The van der Waals surface area contributed by atoms with E-state index >= 15 is 0 Å². The van der Waals surface area contributed by atoms with Crippen molar-refractivity contribution in [1.29, 1.82) is 0 Å². The molecule has 0 aliphatic carbocycles. The Labute approximate surface area is 100 Å². The Hall–Kier alpha value is -0.730. The third-order valence-corrected chi connectivity index (χ3v) is 3.98. The smallest absolute Gasteiger partial charge is 0.0412 e. The van der Waals surface area contributed by atoms with E-state index in [4.69, 9.17) is 0 Å². The van der Waals surface area contributed by atoms with Crippen LogP contribution >= 0.6 is 23.1 Å². The van der Waals surface area contributed by atoms with Gasteiger partial charge in [0.2, 0.25) is 0 Å². The highest BCUT2D eigenvalue weighted by atomic mass is 32.2. The van der Waals surface area contributed by atoms with Crippen molar-refractivity contribution in [2.45, 2.75) is 20.8 Å². The number of rotatable bonds is 4. The summed E-state index contributed by atoms with van der Waals surface area (Å²) in [6, 6.07) is 4.33. The predicted molar refractivity (Wildman–Crippen MR) is 75.1 cm³/mol. The third-order valence-electron chi connectivity index (χ3n) is 1.75. The molecule has 0 amide bonds. The molecule has 1 aromatic heterocycles. The van der Waals surface area contributed by atoms with E-state index in [0.717, 1.165) is 4.91 Å². The summed E-state index contributed by atoms with van der Waals surface area (Å²) in [6.07, 6.45) is 6.34. The van der Waals surface area contributed by atoms with Gasteiger partial charge in [-0.25, -0.2) is 0 Å². The van der Waals surface area contributed by atoms with Gasteiger partial charge >= 0.3 is 0 Å². The van der Waals surface area contributed by atoms with Crippen LogP contribution in [0.15, 0.2) is 35.8 Å². The molecule has 80 valence electrons. The topological polar surface area (TPSA) is 0 Å². The van der Waals surface area contributed by atoms with Crippen LogP contribution in [0, 0.1) is 0 Å². The normalized spacial score (nSPS) is 12.3. The van der Waals surface area contributed by atoms with Gasteiger partial charge in [-0.2, -0.15) is 0 Å². The Morgan fingerprint density at radius 3 is 2.67 bits per heavy atom. The zero-order valence-electron chi connectivity index (χ0n) is 9.41. The molecule has 0 N–H and O–H groups in total. The second-order valence-corrected chi connectivity index (χ2v) is 5.62. The Bertz CT molecular complexity index is 394. The van der Waals surface area contributed by atoms with Gasteiger partial charge in [-0.1, -0.05) is 30.5 Å². The fourth-order valence-electron chi connectivity index (χ4n) is 1.18. The molecule has 0 saturated carbocycles. The summed E-state index contributed by atoms with van der Waals surface area (Å²) in [5.41, 5.74) is 0. The lowest BCUT2D eigenvalue weighted by Gasteiger charge is -2.02. The fraction of sp³-hybridized carbons (Fsp3) is 0.231. The number of thioether (sulfide) groups is 1. The summed E-state index contributed by atoms with van der Waals surface area (Å²) in [6.45, 7) is 10.1. The molecular formula is C13H16S2. The van der Waals surface area contributed by atoms with Gasteiger partial charge in [0, 0.05) is 14.7 Å². The lowest BCUT2D eigenvalue weighted by atomic mass is 10.4. The standard InChI is InChI=1S/C13H16S2/c1-5-7-11-8-9-13(15-11)12(6-2)14-10(3)4/h5-9H,3H2,1-2,4H3/b7-5+,12-6-. The first kappa shape index (κ1) is 12.3. The van der Waals surface area contributed by atoms with E-state index in [1.807, 2.05) is 25.2 Å². The Morgan fingerprint density at radius 1 is 1.40 bits per heavy atom. The van der Waals surface area contributed by atoms with Crippen molar-refractivity contribution < 1.29 is 0 Å². The molecule has 0 saturated heterocycles. The SMILES string of the molecule is C=C(C)S/C(=C\C)c1ccc(/C=C/C)s1. The summed E-state index contributed by atoms with van der Waals surface area (Å²) >= 11 is 3.55. The van der Waals surface area contributed by atoms with Crippen LogP contribution in [0.4, 0.5) is 0 Å². The van der Waals surface area contributed by atoms with Crippen LogP contribution in [0.2, 0.25) is 0 Å². The molecule has 1 rings (SSSR count). The summed E-state index contributed by atoms with van der Waals surface area (Å²) < 4.78 is 0. The lowest BCUT2D eigenvalue weighted by Crippen LogP contribution is -1.71. The molecule has 0 atom stereocenters. The number of hydrogen-bond acceptors (Lipinski definition) is 2. The van der Waals surface area contributed by atoms with Crippen LogP contribution in [-0.4, -0.2) is 0 Å². The highest BCUT2D eigenvalue weighted by molar-refractivity contribution is 8.11. The van der Waals surface area contributed by atoms with Crippen molar-refractivity contribution in [1.82, 2.24) is 0 Å². The van der Waals surface area contributed by atoms with Crippen molar-refractivity contribution in [2.24, 2.45) is 0 Å². The van der Waals surface area contributed by atoms with Crippen molar-refractivity contribution in [3.8, 4) is 0 Å². The van der Waals surface area contributed by atoms with Gasteiger partial charge in [0.05, 0.1) is 0 Å². The molecule has 0 fully saturated rings.